The molecule has 4 heteroatoms. The number of fused-ring (bicyclic) bond motifs is 1. The molecular formula is C13H15ClO3. The van der Waals surface area contributed by atoms with Crippen LogP contribution < -0.4 is 9.47 Å². The topological polar surface area (TPSA) is 38.7 Å². The van der Waals surface area contributed by atoms with Crippen molar-refractivity contribution in [3.63, 3.8) is 0 Å². The van der Waals surface area contributed by atoms with E-state index < -0.39 is 5.79 Å². The van der Waals surface area contributed by atoms with E-state index in [9.17, 15) is 0 Å². The monoisotopic (exact) mass is 254 g/mol. The quantitative estimate of drug-likeness (QED) is 0.882. The number of halogens is 1. The van der Waals surface area contributed by atoms with E-state index in [2.05, 4.69) is 0 Å². The summed E-state index contributed by atoms with van der Waals surface area (Å²) in [5.74, 6) is 1.06. The van der Waals surface area contributed by atoms with Crippen LogP contribution in [0.1, 0.15) is 31.2 Å². The van der Waals surface area contributed by atoms with Gasteiger partial charge in [0.2, 0.25) is 0 Å². The lowest BCUT2D eigenvalue weighted by atomic mass is 10.1. The van der Waals surface area contributed by atoms with Crippen LogP contribution in [0.4, 0.5) is 0 Å². The normalized spacial score (nSPS) is 20.1. The van der Waals surface area contributed by atoms with Gasteiger partial charge in [0.15, 0.2) is 11.5 Å². The molecule has 1 fully saturated rings. The van der Waals surface area contributed by atoms with Crippen LogP contribution in [-0.4, -0.2) is 17.5 Å². The molecule has 17 heavy (non-hydrogen) atoms. The molecule has 1 heterocycles. The van der Waals surface area contributed by atoms with Gasteiger partial charge in [0, 0.05) is 30.5 Å². The van der Waals surface area contributed by atoms with E-state index in [1.165, 1.54) is 0 Å². The number of rotatable bonds is 2. The van der Waals surface area contributed by atoms with Gasteiger partial charge in [0.25, 0.3) is 5.79 Å². The Bertz CT molecular complexity index is 439. The molecule has 1 aromatic carbocycles. The van der Waals surface area contributed by atoms with E-state index in [0.717, 1.165) is 42.7 Å². The molecule has 3 rings (SSSR count). The molecule has 0 atom stereocenters. The first-order chi connectivity index (χ1) is 8.22. The van der Waals surface area contributed by atoms with Gasteiger partial charge in [-0.25, -0.2) is 0 Å². The summed E-state index contributed by atoms with van der Waals surface area (Å²) in [5, 5.41) is 9.60. The summed E-state index contributed by atoms with van der Waals surface area (Å²) in [6.45, 7) is 0.0878. The standard InChI is InChI=1S/C13H15ClO3/c14-10-8-12-11(7-9(10)3-6-15)16-13(17-12)4-1-2-5-13/h7-8,15H,1-6H2. The molecule has 0 saturated heterocycles. The maximum atomic E-state index is 8.97. The maximum absolute atomic E-state index is 8.97. The molecule has 1 aliphatic carbocycles. The molecular weight excluding hydrogens is 240 g/mol. The van der Waals surface area contributed by atoms with Gasteiger partial charge in [-0.05, 0) is 30.9 Å². The van der Waals surface area contributed by atoms with Crippen LogP contribution in [0.3, 0.4) is 0 Å². The van der Waals surface area contributed by atoms with Crippen molar-refractivity contribution in [2.45, 2.75) is 37.9 Å². The Morgan fingerprint density at radius 1 is 1.18 bits per heavy atom. The number of hydrogen-bond acceptors (Lipinski definition) is 3. The lowest BCUT2D eigenvalue weighted by molar-refractivity contribution is -0.0716. The molecule has 0 aromatic heterocycles. The third-order valence-electron chi connectivity index (χ3n) is 3.45. The van der Waals surface area contributed by atoms with Gasteiger partial charge in [0.05, 0.1) is 0 Å². The Morgan fingerprint density at radius 2 is 1.82 bits per heavy atom. The molecule has 3 nitrogen and oxygen atoms in total. The molecule has 2 aliphatic rings. The molecule has 1 aromatic rings. The highest BCUT2D eigenvalue weighted by Crippen LogP contribution is 2.48. The molecule has 0 unspecified atom stereocenters. The zero-order valence-electron chi connectivity index (χ0n) is 9.54. The second-order valence-electron chi connectivity index (χ2n) is 4.69. The Kier molecular flexibility index (Phi) is 2.68. The summed E-state index contributed by atoms with van der Waals surface area (Å²) in [6.07, 6.45) is 4.71. The van der Waals surface area contributed by atoms with Gasteiger partial charge in [0.1, 0.15) is 0 Å². The van der Waals surface area contributed by atoms with E-state index >= 15 is 0 Å². The highest BCUT2D eigenvalue weighted by Gasteiger charge is 2.44. The van der Waals surface area contributed by atoms with Crippen molar-refractivity contribution in [2.24, 2.45) is 0 Å². The Labute approximate surface area is 105 Å². The first-order valence-electron chi connectivity index (χ1n) is 6.04. The highest BCUT2D eigenvalue weighted by atomic mass is 35.5. The van der Waals surface area contributed by atoms with Crippen LogP contribution in [0.15, 0.2) is 12.1 Å². The van der Waals surface area contributed by atoms with Crippen LogP contribution >= 0.6 is 11.6 Å². The van der Waals surface area contributed by atoms with Crippen LogP contribution in [0.2, 0.25) is 5.02 Å². The second-order valence-corrected chi connectivity index (χ2v) is 5.09. The highest BCUT2D eigenvalue weighted by molar-refractivity contribution is 6.31. The number of aliphatic hydroxyl groups excluding tert-OH is 1. The van der Waals surface area contributed by atoms with Gasteiger partial charge in [-0.1, -0.05) is 11.6 Å². The van der Waals surface area contributed by atoms with Crippen LogP contribution in [0, 0.1) is 0 Å². The molecule has 1 saturated carbocycles. The van der Waals surface area contributed by atoms with Gasteiger partial charge < -0.3 is 14.6 Å². The molecule has 1 spiro atoms. The largest absolute Gasteiger partial charge is 0.448 e. The molecule has 92 valence electrons. The first kappa shape index (κ1) is 11.2. The Hall–Kier alpha value is -0.930. The molecule has 0 radical (unpaired) electrons. The number of aliphatic hydroxyl groups is 1. The summed E-state index contributed by atoms with van der Waals surface area (Å²) in [7, 11) is 0. The minimum absolute atomic E-state index is 0.0878. The molecule has 0 bridgehead atoms. The number of hydrogen-bond donors (Lipinski definition) is 1. The lowest BCUT2D eigenvalue weighted by Crippen LogP contribution is -2.34. The maximum Gasteiger partial charge on any atom is 0.251 e. The van der Waals surface area contributed by atoms with Crippen LogP contribution in [0.25, 0.3) is 0 Å². The van der Waals surface area contributed by atoms with E-state index in [0.29, 0.717) is 11.4 Å². The predicted molar refractivity (Wildman–Crippen MR) is 64.7 cm³/mol. The molecule has 0 amide bonds. The number of benzene rings is 1. The predicted octanol–water partition coefficient (Wildman–Crippen LogP) is 2.92. The smallest absolute Gasteiger partial charge is 0.251 e. The van der Waals surface area contributed by atoms with Crippen molar-refractivity contribution < 1.29 is 14.6 Å². The van der Waals surface area contributed by atoms with Crippen molar-refractivity contribution in [2.75, 3.05) is 6.61 Å². The summed E-state index contributed by atoms with van der Waals surface area (Å²) < 4.78 is 11.8. The van der Waals surface area contributed by atoms with Crippen molar-refractivity contribution >= 4 is 11.6 Å². The minimum Gasteiger partial charge on any atom is -0.448 e. The minimum atomic E-state index is -0.441. The number of ether oxygens (including phenoxy) is 2. The summed E-state index contributed by atoms with van der Waals surface area (Å²) in [4.78, 5) is 0. The SMILES string of the molecule is OCCc1cc2c(cc1Cl)OC1(CCCC1)O2. The third-order valence-corrected chi connectivity index (χ3v) is 3.80. The summed E-state index contributed by atoms with van der Waals surface area (Å²) >= 11 is 6.14. The van der Waals surface area contributed by atoms with Gasteiger partial charge in [-0.15, -0.1) is 0 Å². The Balaban J connectivity index is 1.92. The van der Waals surface area contributed by atoms with Gasteiger partial charge in [-0.3, -0.25) is 0 Å². The van der Waals surface area contributed by atoms with Crippen LogP contribution in [-0.2, 0) is 6.42 Å². The fraction of sp³-hybridized carbons (Fsp3) is 0.538. The van der Waals surface area contributed by atoms with Crippen molar-refractivity contribution in [3.05, 3.63) is 22.7 Å². The van der Waals surface area contributed by atoms with Crippen molar-refractivity contribution in [1.82, 2.24) is 0 Å². The fourth-order valence-electron chi connectivity index (χ4n) is 2.59. The third kappa shape index (κ3) is 1.87. The fourth-order valence-corrected chi connectivity index (χ4v) is 2.84. The average molecular weight is 255 g/mol. The summed E-state index contributed by atoms with van der Waals surface area (Å²) in [6, 6.07) is 3.69. The molecule has 1 N–H and O–H groups in total. The lowest BCUT2D eigenvalue weighted by Gasteiger charge is -2.21. The molecule has 1 aliphatic heterocycles. The first-order valence-corrected chi connectivity index (χ1v) is 6.42. The van der Waals surface area contributed by atoms with Gasteiger partial charge in [-0.2, -0.15) is 0 Å². The van der Waals surface area contributed by atoms with Gasteiger partial charge >= 0.3 is 0 Å². The van der Waals surface area contributed by atoms with Crippen LogP contribution in [0.5, 0.6) is 11.5 Å². The zero-order valence-corrected chi connectivity index (χ0v) is 10.3. The second kappa shape index (κ2) is 4.07. The zero-order chi connectivity index (χ0) is 11.9. The average Bonchev–Trinajstić information content (AvgIpc) is 2.87. The van der Waals surface area contributed by atoms with E-state index in [4.69, 9.17) is 26.2 Å². The Morgan fingerprint density at radius 3 is 2.47 bits per heavy atom. The van der Waals surface area contributed by atoms with Crippen molar-refractivity contribution in [1.29, 1.82) is 0 Å². The van der Waals surface area contributed by atoms with E-state index in [-0.39, 0.29) is 6.61 Å². The van der Waals surface area contributed by atoms with Crippen molar-refractivity contribution in [3.8, 4) is 11.5 Å². The summed E-state index contributed by atoms with van der Waals surface area (Å²) in [5.41, 5.74) is 0.909. The van der Waals surface area contributed by atoms with E-state index in [1.54, 1.807) is 6.07 Å². The van der Waals surface area contributed by atoms with E-state index in [1.807, 2.05) is 6.07 Å².